The standard InChI is InChI=1S/C9H12ClN3O2/c10-7-3-8(12-6-11-7)13-2-1-9(15,4-13)5-14/h3,6,14-15H,1-2,4-5H2. The minimum Gasteiger partial charge on any atom is -0.393 e. The molecule has 15 heavy (non-hydrogen) atoms. The van der Waals surface area contributed by atoms with Gasteiger partial charge in [-0.1, -0.05) is 11.6 Å². The zero-order chi connectivity index (χ0) is 10.9. The maximum absolute atomic E-state index is 9.83. The minimum absolute atomic E-state index is 0.234. The summed E-state index contributed by atoms with van der Waals surface area (Å²) in [5.41, 5.74) is -1.02. The smallest absolute Gasteiger partial charge is 0.134 e. The van der Waals surface area contributed by atoms with Crippen LogP contribution in [-0.4, -0.2) is 45.5 Å². The second kappa shape index (κ2) is 3.92. The number of β-amino-alcohol motifs (C(OH)–C–C–N with tert-alkyl or cyclic N) is 1. The first-order chi connectivity index (χ1) is 7.13. The van der Waals surface area contributed by atoms with E-state index in [-0.39, 0.29) is 6.61 Å². The first kappa shape index (κ1) is 10.6. The van der Waals surface area contributed by atoms with Gasteiger partial charge in [-0.3, -0.25) is 0 Å². The molecule has 0 bridgehead atoms. The molecule has 0 radical (unpaired) electrons. The van der Waals surface area contributed by atoms with Crippen LogP contribution in [0.2, 0.25) is 5.15 Å². The first-order valence-electron chi connectivity index (χ1n) is 4.69. The number of halogens is 1. The molecule has 1 unspecified atom stereocenters. The van der Waals surface area contributed by atoms with Gasteiger partial charge in [0.05, 0.1) is 13.2 Å². The lowest BCUT2D eigenvalue weighted by atomic mass is 10.1. The molecule has 0 amide bonds. The van der Waals surface area contributed by atoms with Crippen LogP contribution in [0.25, 0.3) is 0 Å². The third-order valence-corrected chi connectivity index (χ3v) is 2.78. The van der Waals surface area contributed by atoms with Gasteiger partial charge in [-0.25, -0.2) is 9.97 Å². The number of hydrogen-bond acceptors (Lipinski definition) is 5. The first-order valence-corrected chi connectivity index (χ1v) is 5.06. The van der Waals surface area contributed by atoms with E-state index in [1.54, 1.807) is 6.07 Å². The van der Waals surface area contributed by atoms with Crippen molar-refractivity contribution in [1.29, 1.82) is 0 Å². The van der Waals surface area contributed by atoms with Crippen LogP contribution in [0.15, 0.2) is 12.4 Å². The summed E-state index contributed by atoms with van der Waals surface area (Å²) in [7, 11) is 0. The van der Waals surface area contributed by atoms with Crippen LogP contribution in [0, 0.1) is 0 Å². The molecule has 1 fully saturated rings. The highest BCUT2D eigenvalue weighted by atomic mass is 35.5. The molecule has 0 aromatic carbocycles. The largest absolute Gasteiger partial charge is 0.393 e. The Labute approximate surface area is 92.3 Å². The fourth-order valence-corrected chi connectivity index (χ4v) is 1.82. The second-order valence-electron chi connectivity index (χ2n) is 3.75. The molecule has 1 saturated heterocycles. The van der Waals surface area contributed by atoms with Crippen molar-refractivity contribution in [2.75, 3.05) is 24.6 Å². The Balaban J connectivity index is 2.14. The Hall–Kier alpha value is -0.910. The van der Waals surface area contributed by atoms with Gasteiger partial charge in [-0.05, 0) is 6.42 Å². The summed E-state index contributed by atoms with van der Waals surface area (Å²) >= 11 is 5.74. The van der Waals surface area contributed by atoms with Gasteiger partial charge in [-0.2, -0.15) is 0 Å². The van der Waals surface area contributed by atoms with Crippen molar-refractivity contribution < 1.29 is 10.2 Å². The van der Waals surface area contributed by atoms with Crippen LogP contribution in [0.5, 0.6) is 0 Å². The molecular formula is C9H12ClN3O2. The zero-order valence-corrected chi connectivity index (χ0v) is 8.85. The summed E-state index contributed by atoms with van der Waals surface area (Å²) in [6, 6.07) is 1.64. The predicted octanol–water partition coefficient (Wildman–Crippen LogP) is 0.0635. The van der Waals surface area contributed by atoms with Crippen LogP contribution >= 0.6 is 11.6 Å². The van der Waals surface area contributed by atoms with Crippen molar-refractivity contribution in [1.82, 2.24) is 9.97 Å². The molecule has 1 aromatic heterocycles. The lowest BCUT2D eigenvalue weighted by Crippen LogP contribution is -2.36. The van der Waals surface area contributed by atoms with E-state index in [9.17, 15) is 5.11 Å². The van der Waals surface area contributed by atoms with Crippen molar-refractivity contribution in [3.63, 3.8) is 0 Å². The Bertz CT molecular complexity index is 363. The van der Waals surface area contributed by atoms with E-state index in [0.29, 0.717) is 30.5 Å². The Morgan fingerprint density at radius 2 is 2.33 bits per heavy atom. The lowest BCUT2D eigenvalue weighted by molar-refractivity contribution is 0.00473. The highest BCUT2D eigenvalue weighted by Gasteiger charge is 2.35. The molecule has 6 heteroatoms. The summed E-state index contributed by atoms with van der Waals surface area (Å²) in [5, 5.41) is 19.2. The monoisotopic (exact) mass is 229 g/mol. The average Bonchev–Trinajstić information content (AvgIpc) is 2.62. The third-order valence-electron chi connectivity index (χ3n) is 2.57. The van der Waals surface area contributed by atoms with Gasteiger partial charge in [-0.15, -0.1) is 0 Å². The van der Waals surface area contributed by atoms with E-state index in [0.717, 1.165) is 0 Å². The molecule has 2 heterocycles. The molecule has 0 spiro atoms. The normalized spacial score (nSPS) is 25.9. The van der Waals surface area contributed by atoms with Crippen molar-refractivity contribution in [3.8, 4) is 0 Å². The highest BCUT2D eigenvalue weighted by molar-refractivity contribution is 6.29. The molecule has 1 aromatic rings. The number of aromatic nitrogens is 2. The van der Waals surface area contributed by atoms with Gasteiger partial charge in [0.15, 0.2) is 0 Å². The van der Waals surface area contributed by atoms with Gasteiger partial charge >= 0.3 is 0 Å². The van der Waals surface area contributed by atoms with Crippen molar-refractivity contribution in [2.45, 2.75) is 12.0 Å². The molecule has 2 N–H and O–H groups in total. The van der Waals surface area contributed by atoms with Crippen LogP contribution in [0.1, 0.15) is 6.42 Å². The fourth-order valence-electron chi connectivity index (χ4n) is 1.68. The molecule has 0 aliphatic carbocycles. The molecule has 1 aliphatic rings. The van der Waals surface area contributed by atoms with E-state index in [2.05, 4.69) is 9.97 Å². The van der Waals surface area contributed by atoms with Gasteiger partial charge in [0.2, 0.25) is 0 Å². The van der Waals surface area contributed by atoms with Crippen molar-refractivity contribution in [2.24, 2.45) is 0 Å². The fraction of sp³-hybridized carbons (Fsp3) is 0.556. The Morgan fingerprint density at radius 3 is 2.93 bits per heavy atom. The van der Waals surface area contributed by atoms with E-state index in [1.165, 1.54) is 6.33 Å². The lowest BCUT2D eigenvalue weighted by Gasteiger charge is -2.21. The van der Waals surface area contributed by atoms with Crippen molar-refractivity contribution in [3.05, 3.63) is 17.5 Å². The summed E-state index contributed by atoms with van der Waals surface area (Å²) in [4.78, 5) is 9.72. The van der Waals surface area contributed by atoms with Crippen LogP contribution in [-0.2, 0) is 0 Å². The summed E-state index contributed by atoms with van der Waals surface area (Å²) in [6.45, 7) is 0.795. The van der Waals surface area contributed by atoms with Crippen LogP contribution in [0.3, 0.4) is 0 Å². The number of aliphatic hydroxyl groups is 2. The predicted molar refractivity (Wildman–Crippen MR) is 55.9 cm³/mol. The second-order valence-corrected chi connectivity index (χ2v) is 4.14. The molecule has 1 atom stereocenters. The summed E-state index contributed by atoms with van der Waals surface area (Å²) < 4.78 is 0. The Morgan fingerprint density at radius 1 is 1.53 bits per heavy atom. The zero-order valence-electron chi connectivity index (χ0n) is 8.10. The van der Waals surface area contributed by atoms with Crippen LogP contribution in [0.4, 0.5) is 5.82 Å². The van der Waals surface area contributed by atoms with E-state index in [4.69, 9.17) is 16.7 Å². The summed E-state index contributed by atoms with van der Waals surface area (Å²) in [6.07, 6.45) is 1.92. The van der Waals surface area contributed by atoms with Gasteiger partial charge in [0, 0.05) is 12.6 Å². The topological polar surface area (TPSA) is 69.5 Å². The maximum atomic E-state index is 9.83. The molecule has 82 valence electrons. The molecular weight excluding hydrogens is 218 g/mol. The Kier molecular flexibility index (Phi) is 2.77. The van der Waals surface area contributed by atoms with E-state index < -0.39 is 5.60 Å². The van der Waals surface area contributed by atoms with Crippen LogP contribution < -0.4 is 4.90 Å². The van der Waals surface area contributed by atoms with Gasteiger partial charge in [0.1, 0.15) is 22.9 Å². The third kappa shape index (κ3) is 2.19. The number of nitrogens with zero attached hydrogens (tertiary/aromatic N) is 3. The van der Waals surface area contributed by atoms with Gasteiger partial charge < -0.3 is 15.1 Å². The molecule has 5 nitrogen and oxygen atoms in total. The quantitative estimate of drug-likeness (QED) is 0.702. The van der Waals surface area contributed by atoms with E-state index in [1.807, 2.05) is 4.90 Å². The number of rotatable bonds is 2. The SMILES string of the molecule is OCC1(O)CCN(c2cc(Cl)ncn2)C1. The minimum atomic E-state index is -1.02. The molecule has 0 saturated carbocycles. The number of aliphatic hydroxyl groups excluding tert-OH is 1. The maximum Gasteiger partial charge on any atom is 0.134 e. The van der Waals surface area contributed by atoms with Crippen molar-refractivity contribution >= 4 is 17.4 Å². The number of anilines is 1. The van der Waals surface area contributed by atoms with E-state index >= 15 is 0 Å². The van der Waals surface area contributed by atoms with Gasteiger partial charge in [0.25, 0.3) is 0 Å². The number of hydrogen-bond donors (Lipinski definition) is 2. The summed E-state index contributed by atoms with van der Waals surface area (Å²) in [5.74, 6) is 0.680. The molecule has 1 aliphatic heterocycles. The highest BCUT2D eigenvalue weighted by Crippen LogP contribution is 2.25. The molecule has 2 rings (SSSR count). The average molecular weight is 230 g/mol.